The number of hydrogen-bond acceptors (Lipinski definition) is 1. The maximum absolute atomic E-state index is 10.8. The molecule has 19 heavy (non-hydrogen) atoms. The van der Waals surface area contributed by atoms with Crippen molar-refractivity contribution in [3.05, 3.63) is 65.5 Å². The van der Waals surface area contributed by atoms with Crippen LogP contribution in [0.4, 0.5) is 0 Å². The molecule has 0 amide bonds. The van der Waals surface area contributed by atoms with Crippen LogP contribution in [0.25, 0.3) is 12.2 Å². The first-order valence-electron chi connectivity index (χ1n) is 6.10. The van der Waals surface area contributed by atoms with Crippen molar-refractivity contribution >= 4 is 18.1 Å². The quantitative estimate of drug-likeness (QED) is 0.852. The van der Waals surface area contributed by atoms with Crippen molar-refractivity contribution in [3.8, 4) is 0 Å². The zero-order chi connectivity index (χ0) is 13.7. The monoisotopic (exact) mass is 254 g/mol. The van der Waals surface area contributed by atoms with Gasteiger partial charge in [0.15, 0.2) is 6.20 Å². The highest BCUT2D eigenvalue weighted by atomic mass is 16.4. The number of aryl methyl sites for hydroxylation is 1. The third kappa shape index (κ3) is 3.78. The molecule has 0 saturated heterocycles. The van der Waals surface area contributed by atoms with E-state index >= 15 is 0 Å². The van der Waals surface area contributed by atoms with E-state index in [0.29, 0.717) is 0 Å². The summed E-state index contributed by atoms with van der Waals surface area (Å²) in [6.07, 6.45) is 5.67. The van der Waals surface area contributed by atoms with Gasteiger partial charge in [-0.05, 0) is 24.6 Å². The van der Waals surface area contributed by atoms with Gasteiger partial charge in [0.2, 0.25) is 12.2 Å². The minimum Gasteiger partial charge on any atom is -0.477 e. The SMILES string of the molecule is Cc1ccc(/C=C/c2cccc[n+]2CC(=O)O)cc1. The van der Waals surface area contributed by atoms with E-state index in [1.807, 2.05) is 49.4 Å². The van der Waals surface area contributed by atoms with Crippen molar-refractivity contribution in [1.29, 1.82) is 0 Å². The van der Waals surface area contributed by atoms with Gasteiger partial charge in [-0.1, -0.05) is 29.8 Å². The Morgan fingerprint density at radius 2 is 1.89 bits per heavy atom. The predicted octanol–water partition coefficient (Wildman–Crippen LogP) is 2.54. The van der Waals surface area contributed by atoms with Crippen molar-refractivity contribution in [2.24, 2.45) is 0 Å². The summed E-state index contributed by atoms with van der Waals surface area (Å²) in [7, 11) is 0. The van der Waals surface area contributed by atoms with Crippen LogP contribution in [-0.2, 0) is 11.3 Å². The summed E-state index contributed by atoms with van der Waals surface area (Å²) in [6, 6.07) is 13.8. The average Bonchev–Trinajstić information content (AvgIpc) is 2.39. The van der Waals surface area contributed by atoms with E-state index < -0.39 is 5.97 Å². The van der Waals surface area contributed by atoms with Crippen LogP contribution >= 0.6 is 0 Å². The van der Waals surface area contributed by atoms with Crippen LogP contribution in [0.5, 0.6) is 0 Å². The van der Waals surface area contributed by atoms with Gasteiger partial charge in [-0.15, -0.1) is 0 Å². The Labute approximate surface area is 112 Å². The number of carboxylic acid groups (broad SMARTS) is 1. The van der Waals surface area contributed by atoms with Gasteiger partial charge in [0, 0.05) is 18.2 Å². The highest BCUT2D eigenvalue weighted by Gasteiger charge is 2.10. The van der Waals surface area contributed by atoms with Crippen LogP contribution in [0.1, 0.15) is 16.8 Å². The van der Waals surface area contributed by atoms with E-state index in [4.69, 9.17) is 5.11 Å². The summed E-state index contributed by atoms with van der Waals surface area (Å²) in [5, 5.41) is 8.86. The number of pyridine rings is 1. The zero-order valence-corrected chi connectivity index (χ0v) is 10.8. The Kier molecular flexibility index (Phi) is 4.08. The second-order valence-electron chi connectivity index (χ2n) is 4.39. The van der Waals surface area contributed by atoms with Gasteiger partial charge in [0.25, 0.3) is 0 Å². The lowest BCUT2D eigenvalue weighted by molar-refractivity contribution is -0.687. The molecular formula is C16H16NO2+. The summed E-state index contributed by atoms with van der Waals surface area (Å²) in [5.41, 5.74) is 3.18. The van der Waals surface area contributed by atoms with Crippen LogP contribution < -0.4 is 4.57 Å². The van der Waals surface area contributed by atoms with Gasteiger partial charge in [0.1, 0.15) is 0 Å². The number of hydrogen-bond donors (Lipinski definition) is 1. The smallest absolute Gasteiger partial charge is 0.370 e. The van der Waals surface area contributed by atoms with E-state index in [-0.39, 0.29) is 6.54 Å². The molecule has 0 atom stereocenters. The molecule has 1 N–H and O–H groups in total. The van der Waals surface area contributed by atoms with Crippen molar-refractivity contribution in [3.63, 3.8) is 0 Å². The van der Waals surface area contributed by atoms with Gasteiger partial charge < -0.3 is 5.11 Å². The Morgan fingerprint density at radius 3 is 2.58 bits per heavy atom. The number of rotatable bonds is 4. The van der Waals surface area contributed by atoms with E-state index in [9.17, 15) is 4.79 Å². The first kappa shape index (κ1) is 13.0. The van der Waals surface area contributed by atoms with Crippen LogP contribution in [0.15, 0.2) is 48.7 Å². The molecule has 0 aliphatic carbocycles. The normalized spacial score (nSPS) is 10.8. The first-order valence-corrected chi connectivity index (χ1v) is 6.10. The van der Waals surface area contributed by atoms with Crippen molar-refractivity contribution in [2.75, 3.05) is 0 Å². The summed E-state index contributed by atoms with van der Waals surface area (Å²) in [5.74, 6) is -0.846. The minimum atomic E-state index is -0.846. The molecule has 2 aromatic rings. The molecule has 0 bridgehead atoms. The summed E-state index contributed by atoms with van der Waals surface area (Å²) >= 11 is 0. The number of nitrogens with zero attached hydrogens (tertiary/aromatic N) is 1. The topological polar surface area (TPSA) is 41.2 Å². The molecule has 0 aliphatic rings. The molecule has 1 aromatic heterocycles. The lowest BCUT2D eigenvalue weighted by Crippen LogP contribution is -2.40. The van der Waals surface area contributed by atoms with Crippen LogP contribution in [0.2, 0.25) is 0 Å². The molecule has 0 radical (unpaired) electrons. The fraction of sp³-hybridized carbons (Fsp3) is 0.125. The van der Waals surface area contributed by atoms with Gasteiger partial charge in [-0.2, -0.15) is 4.57 Å². The molecular weight excluding hydrogens is 238 g/mol. The third-order valence-corrected chi connectivity index (χ3v) is 2.81. The van der Waals surface area contributed by atoms with Crippen LogP contribution in [-0.4, -0.2) is 11.1 Å². The Morgan fingerprint density at radius 1 is 1.16 bits per heavy atom. The van der Waals surface area contributed by atoms with E-state index in [1.165, 1.54) is 5.56 Å². The van der Waals surface area contributed by atoms with Gasteiger partial charge in [-0.3, -0.25) is 0 Å². The first-order chi connectivity index (χ1) is 9.15. The van der Waals surface area contributed by atoms with Crippen LogP contribution in [0.3, 0.4) is 0 Å². The van der Waals surface area contributed by atoms with Crippen LogP contribution in [0, 0.1) is 6.92 Å². The van der Waals surface area contributed by atoms with E-state index in [0.717, 1.165) is 11.3 Å². The second kappa shape index (κ2) is 5.96. The molecule has 3 nitrogen and oxygen atoms in total. The molecule has 3 heteroatoms. The van der Waals surface area contributed by atoms with Gasteiger partial charge in [0.05, 0.1) is 0 Å². The molecule has 2 rings (SSSR count). The van der Waals surface area contributed by atoms with E-state index in [1.54, 1.807) is 10.8 Å². The number of carboxylic acids is 1. The summed E-state index contributed by atoms with van der Waals surface area (Å²) in [4.78, 5) is 10.8. The number of aliphatic carboxylic acids is 1. The zero-order valence-electron chi connectivity index (χ0n) is 10.8. The fourth-order valence-electron chi connectivity index (χ4n) is 1.79. The number of aromatic nitrogens is 1. The Bertz CT molecular complexity index is 600. The number of benzene rings is 1. The van der Waals surface area contributed by atoms with Gasteiger partial charge in [-0.25, -0.2) is 4.79 Å². The van der Waals surface area contributed by atoms with Gasteiger partial charge >= 0.3 is 5.97 Å². The Balaban J connectivity index is 2.22. The summed E-state index contributed by atoms with van der Waals surface area (Å²) < 4.78 is 1.70. The lowest BCUT2D eigenvalue weighted by atomic mass is 10.1. The highest BCUT2D eigenvalue weighted by molar-refractivity contribution is 5.68. The minimum absolute atomic E-state index is 0.0333. The average molecular weight is 254 g/mol. The maximum atomic E-state index is 10.8. The number of carbonyl (C=O) groups is 1. The predicted molar refractivity (Wildman–Crippen MR) is 74.4 cm³/mol. The third-order valence-electron chi connectivity index (χ3n) is 2.81. The van der Waals surface area contributed by atoms with E-state index in [2.05, 4.69) is 12.1 Å². The van der Waals surface area contributed by atoms with Crippen molar-refractivity contribution in [2.45, 2.75) is 13.5 Å². The van der Waals surface area contributed by atoms with Crippen molar-refractivity contribution < 1.29 is 14.5 Å². The summed E-state index contributed by atoms with van der Waals surface area (Å²) in [6.45, 7) is 2.01. The fourth-order valence-corrected chi connectivity index (χ4v) is 1.79. The molecule has 0 spiro atoms. The molecule has 1 aromatic carbocycles. The highest BCUT2D eigenvalue weighted by Crippen LogP contribution is 2.07. The second-order valence-corrected chi connectivity index (χ2v) is 4.39. The molecule has 0 fully saturated rings. The standard InChI is InChI=1S/C16H15NO2/c1-13-5-7-14(8-6-13)9-10-15-4-2-3-11-17(15)12-16(18)19/h2-11H,12H2,1H3/p+1/b10-9+. The molecule has 96 valence electrons. The molecule has 0 aliphatic heterocycles. The molecule has 1 heterocycles. The molecule has 0 saturated carbocycles. The molecule has 0 unspecified atom stereocenters. The lowest BCUT2D eigenvalue weighted by Gasteiger charge is -1.97. The van der Waals surface area contributed by atoms with Crippen molar-refractivity contribution in [1.82, 2.24) is 0 Å². The Hall–Kier alpha value is -2.42. The maximum Gasteiger partial charge on any atom is 0.370 e. The largest absolute Gasteiger partial charge is 0.477 e.